The summed E-state index contributed by atoms with van der Waals surface area (Å²) >= 11 is 0. The quantitative estimate of drug-likeness (QED) is 0.671. The van der Waals surface area contributed by atoms with E-state index in [4.69, 9.17) is 9.84 Å². The number of hydrogen-bond acceptors (Lipinski definition) is 4. The number of amides is 1. The lowest BCUT2D eigenvalue weighted by molar-refractivity contribution is -0.145. The van der Waals surface area contributed by atoms with Crippen LogP contribution < -0.4 is 5.32 Å². The Labute approximate surface area is 100.0 Å². The summed E-state index contributed by atoms with van der Waals surface area (Å²) in [4.78, 5) is 22.7. The summed E-state index contributed by atoms with van der Waals surface area (Å²) in [5, 5.41) is 20.9. The molecule has 0 heterocycles. The van der Waals surface area contributed by atoms with Crippen LogP contribution in [-0.4, -0.2) is 39.5 Å². The van der Waals surface area contributed by atoms with E-state index in [2.05, 4.69) is 5.32 Å². The molecule has 1 saturated carbocycles. The summed E-state index contributed by atoms with van der Waals surface area (Å²) in [6, 6.07) is 0. The second-order valence-electron chi connectivity index (χ2n) is 5.41. The molecule has 0 aromatic heterocycles. The number of aliphatic carboxylic acids is 1. The number of carbonyl (C=O) groups excluding carboxylic acids is 1. The number of carboxylic acids is 1. The molecule has 1 amide bonds. The Morgan fingerprint density at radius 2 is 2.00 bits per heavy atom. The average molecular weight is 245 g/mol. The summed E-state index contributed by atoms with van der Waals surface area (Å²) in [7, 11) is 0. The van der Waals surface area contributed by atoms with E-state index in [-0.39, 0.29) is 12.8 Å². The SMILES string of the molecule is CC(C)(C)OC(=O)N[C@]1(C(=O)O)CC[C@H](O)C1. The molecule has 3 N–H and O–H groups in total. The van der Waals surface area contributed by atoms with Crippen molar-refractivity contribution in [3.63, 3.8) is 0 Å². The number of carboxylic acid groups (broad SMARTS) is 1. The van der Waals surface area contributed by atoms with E-state index in [0.29, 0.717) is 6.42 Å². The van der Waals surface area contributed by atoms with Crippen LogP contribution in [0.4, 0.5) is 4.79 Å². The topological polar surface area (TPSA) is 95.9 Å². The van der Waals surface area contributed by atoms with Gasteiger partial charge in [-0.2, -0.15) is 0 Å². The molecule has 98 valence electrons. The minimum absolute atomic E-state index is 0.0155. The number of nitrogens with one attached hydrogen (secondary N) is 1. The first-order valence-corrected chi connectivity index (χ1v) is 5.57. The fourth-order valence-electron chi connectivity index (χ4n) is 1.88. The Balaban J connectivity index is 2.69. The summed E-state index contributed by atoms with van der Waals surface area (Å²) < 4.78 is 5.02. The molecule has 0 saturated heterocycles. The number of hydrogen-bond donors (Lipinski definition) is 3. The smallest absolute Gasteiger partial charge is 0.408 e. The van der Waals surface area contributed by atoms with Gasteiger partial charge in [0.2, 0.25) is 0 Å². The summed E-state index contributed by atoms with van der Waals surface area (Å²) in [6.07, 6.45) is -0.873. The molecule has 2 atom stereocenters. The van der Waals surface area contributed by atoms with Crippen LogP contribution in [0.3, 0.4) is 0 Å². The van der Waals surface area contributed by atoms with Crippen molar-refractivity contribution in [2.24, 2.45) is 0 Å². The van der Waals surface area contributed by atoms with Gasteiger partial charge in [0.15, 0.2) is 0 Å². The molecule has 0 aromatic rings. The van der Waals surface area contributed by atoms with Crippen LogP contribution in [0.2, 0.25) is 0 Å². The van der Waals surface area contributed by atoms with Gasteiger partial charge in [0, 0.05) is 6.42 Å². The third-order valence-corrected chi connectivity index (χ3v) is 2.64. The molecule has 0 bridgehead atoms. The van der Waals surface area contributed by atoms with E-state index in [1.165, 1.54) is 0 Å². The monoisotopic (exact) mass is 245 g/mol. The minimum atomic E-state index is -1.40. The highest BCUT2D eigenvalue weighted by Gasteiger charge is 2.47. The van der Waals surface area contributed by atoms with Gasteiger partial charge in [0.05, 0.1) is 6.10 Å². The van der Waals surface area contributed by atoms with Gasteiger partial charge >= 0.3 is 12.1 Å². The standard InChI is InChI=1S/C11H19NO5/c1-10(2,3)17-9(16)12-11(8(14)15)5-4-7(13)6-11/h7,13H,4-6H2,1-3H3,(H,12,16)(H,14,15)/t7-,11+/m0/s1. The van der Waals surface area contributed by atoms with Gasteiger partial charge in [-0.15, -0.1) is 0 Å². The Bertz CT molecular complexity index is 322. The molecule has 17 heavy (non-hydrogen) atoms. The maximum atomic E-state index is 11.6. The van der Waals surface area contributed by atoms with E-state index < -0.39 is 29.3 Å². The van der Waals surface area contributed by atoms with Crippen molar-refractivity contribution >= 4 is 12.1 Å². The summed E-state index contributed by atoms with van der Waals surface area (Å²) in [5.74, 6) is -1.14. The van der Waals surface area contributed by atoms with E-state index in [1.807, 2.05) is 0 Å². The Morgan fingerprint density at radius 1 is 1.41 bits per heavy atom. The predicted molar refractivity (Wildman–Crippen MR) is 59.6 cm³/mol. The van der Waals surface area contributed by atoms with E-state index in [0.717, 1.165) is 0 Å². The lowest BCUT2D eigenvalue weighted by Crippen LogP contribution is -2.54. The third kappa shape index (κ3) is 3.59. The highest BCUT2D eigenvalue weighted by Crippen LogP contribution is 2.30. The molecule has 0 radical (unpaired) electrons. The summed E-state index contributed by atoms with van der Waals surface area (Å²) in [5.41, 5.74) is -2.08. The molecule has 6 nitrogen and oxygen atoms in total. The van der Waals surface area contributed by atoms with Crippen molar-refractivity contribution < 1.29 is 24.5 Å². The fraction of sp³-hybridized carbons (Fsp3) is 0.818. The highest BCUT2D eigenvalue weighted by atomic mass is 16.6. The van der Waals surface area contributed by atoms with E-state index in [1.54, 1.807) is 20.8 Å². The molecule has 0 aromatic carbocycles. The summed E-state index contributed by atoms with van der Waals surface area (Å²) in [6.45, 7) is 5.09. The Hall–Kier alpha value is -1.30. The van der Waals surface area contributed by atoms with Crippen LogP contribution in [-0.2, 0) is 9.53 Å². The lowest BCUT2D eigenvalue weighted by Gasteiger charge is -2.27. The second-order valence-corrected chi connectivity index (χ2v) is 5.41. The minimum Gasteiger partial charge on any atom is -0.480 e. The van der Waals surface area contributed by atoms with Crippen LogP contribution in [0.15, 0.2) is 0 Å². The van der Waals surface area contributed by atoms with Crippen LogP contribution in [0.25, 0.3) is 0 Å². The number of aliphatic hydroxyl groups excluding tert-OH is 1. The number of carbonyl (C=O) groups is 2. The van der Waals surface area contributed by atoms with E-state index in [9.17, 15) is 14.7 Å². The number of rotatable bonds is 2. The molecule has 1 rings (SSSR count). The highest BCUT2D eigenvalue weighted by molar-refractivity contribution is 5.84. The number of aliphatic hydroxyl groups is 1. The van der Waals surface area contributed by atoms with Crippen LogP contribution in [0, 0.1) is 0 Å². The lowest BCUT2D eigenvalue weighted by atomic mass is 9.98. The van der Waals surface area contributed by atoms with Crippen molar-refractivity contribution in [2.45, 2.75) is 57.3 Å². The van der Waals surface area contributed by atoms with E-state index >= 15 is 0 Å². The third-order valence-electron chi connectivity index (χ3n) is 2.64. The fourth-order valence-corrected chi connectivity index (χ4v) is 1.88. The predicted octanol–water partition coefficient (Wildman–Crippen LogP) is 0.879. The molecular weight excluding hydrogens is 226 g/mol. The van der Waals surface area contributed by atoms with Gasteiger partial charge in [-0.3, -0.25) is 0 Å². The average Bonchev–Trinajstić information content (AvgIpc) is 2.44. The second kappa shape index (κ2) is 4.52. The zero-order chi connectivity index (χ0) is 13.3. The first-order chi connectivity index (χ1) is 7.65. The van der Waals surface area contributed by atoms with Crippen molar-refractivity contribution in [2.75, 3.05) is 0 Å². The van der Waals surface area contributed by atoms with Gasteiger partial charge in [0.25, 0.3) is 0 Å². The molecule has 6 heteroatoms. The van der Waals surface area contributed by atoms with Crippen molar-refractivity contribution in [1.29, 1.82) is 0 Å². The first-order valence-electron chi connectivity index (χ1n) is 5.57. The molecular formula is C11H19NO5. The normalized spacial score (nSPS) is 28.8. The van der Waals surface area contributed by atoms with Crippen LogP contribution >= 0.6 is 0 Å². The van der Waals surface area contributed by atoms with Crippen molar-refractivity contribution in [3.8, 4) is 0 Å². The van der Waals surface area contributed by atoms with Crippen LogP contribution in [0.5, 0.6) is 0 Å². The molecule has 1 fully saturated rings. The molecule has 1 aliphatic rings. The number of ether oxygens (including phenoxy) is 1. The van der Waals surface area contributed by atoms with Gasteiger partial charge in [-0.1, -0.05) is 0 Å². The van der Waals surface area contributed by atoms with Gasteiger partial charge in [-0.25, -0.2) is 9.59 Å². The number of alkyl carbamates (subject to hydrolysis) is 1. The van der Waals surface area contributed by atoms with Gasteiger partial charge in [-0.05, 0) is 33.6 Å². The van der Waals surface area contributed by atoms with Crippen molar-refractivity contribution in [3.05, 3.63) is 0 Å². The van der Waals surface area contributed by atoms with Crippen LogP contribution in [0.1, 0.15) is 40.0 Å². The first kappa shape index (κ1) is 13.8. The maximum absolute atomic E-state index is 11.6. The molecule has 0 spiro atoms. The van der Waals surface area contributed by atoms with Gasteiger partial charge in [0.1, 0.15) is 11.1 Å². The zero-order valence-corrected chi connectivity index (χ0v) is 10.3. The van der Waals surface area contributed by atoms with Gasteiger partial charge < -0.3 is 20.3 Å². The Morgan fingerprint density at radius 3 is 2.35 bits per heavy atom. The maximum Gasteiger partial charge on any atom is 0.408 e. The zero-order valence-electron chi connectivity index (χ0n) is 10.3. The molecule has 0 aliphatic heterocycles. The Kier molecular flexibility index (Phi) is 3.66. The van der Waals surface area contributed by atoms with Crippen molar-refractivity contribution in [1.82, 2.24) is 5.32 Å². The molecule has 1 aliphatic carbocycles. The molecule has 0 unspecified atom stereocenters. The largest absolute Gasteiger partial charge is 0.480 e.